The Morgan fingerprint density at radius 1 is 1.38 bits per heavy atom. The maximum atomic E-state index is 12.3. The zero-order chi connectivity index (χ0) is 18.9. The van der Waals surface area contributed by atoms with Crippen LogP contribution in [0.25, 0.3) is 0 Å². The third-order valence-corrected chi connectivity index (χ3v) is 4.51. The number of carbonyl (C=O) groups is 3. The van der Waals surface area contributed by atoms with Gasteiger partial charge in [0.1, 0.15) is 12.6 Å². The lowest BCUT2D eigenvalue weighted by atomic mass is 10.0. The Morgan fingerprint density at radius 2 is 2.15 bits per heavy atom. The molecule has 0 radical (unpaired) electrons. The first-order valence-electron chi connectivity index (χ1n) is 7.78. The van der Waals surface area contributed by atoms with E-state index in [1.165, 1.54) is 10.9 Å². The standard InChI is InChI=1S/C13H17N5O7S/c19-10(8-16-5-1-4-15-16)6-14-12(20)11-3-2-9-7-17(11)13(21)18(9)25-26(22,23)24/h1,4-5,9,11H,2-3,6-8H2,(H,14,20)(H,22,23,24)/t9-,11+/m1/s1. The molecule has 2 bridgehead atoms. The van der Waals surface area contributed by atoms with Gasteiger partial charge in [0, 0.05) is 18.9 Å². The van der Waals surface area contributed by atoms with Crippen molar-refractivity contribution >= 4 is 28.1 Å². The number of Topliss-reactive ketones (excluding diaryl/α,β-unsaturated/α-hetero) is 1. The number of nitrogens with zero attached hydrogens (tertiary/aromatic N) is 4. The number of carbonyl (C=O) groups excluding carboxylic acids is 3. The third kappa shape index (κ3) is 4.00. The molecule has 13 heteroatoms. The molecule has 3 amide bonds. The highest BCUT2D eigenvalue weighted by Crippen LogP contribution is 2.30. The van der Waals surface area contributed by atoms with Gasteiger partial charge in [0.15, 0.2) is 5.78 Å². The van der Waals surface area contributed by atoms with Crippen molar-refractivity contribution in [3.8, 4) is 0 Å². The average Bonchev–Trinajstić information content (AvgIpc) is 3.15. The molecule has 2 N–H and O–H groups in total. The van der Waals surface area contributed by atoms with Crippen LogP contribution in [0.3, 0.4) is 0 Å². The second-order valence-electron chi connectivity index (χ2n) is 5.97. The van der Waals surface area contributed by atoms with Crippen LogP contribution >= 0.6 is 0 Å². The summed E-state index contributed by atoms with van der Waals surface area (Å²) < 4.78 is 36.1. The Balaban J connectivity index is 1.56. The summed E-state index contributed by atoms with van der Waals surface area (Å²) in [7, 11) is -4.84. The molecule has 12 nitrogen and oxygen atoms in total. The maximum absolute atomic E-state index is 12.3. The minimum absolute atomic E-state index is 0.0125. The van der Waals surface area contributed by atoms with Crippen molar-refractivity contribution in [2.75, 3.05) is 13.1 Å². The van der Waals surface area contributed by atoms with Gasteiger partial charge in [0.05, 0.1) is 12.6 Å². The van der Waals surface area contributed by atoms with Crippen LogP contribution in [-0.4, -0.2) is 75.6 Å². The smallest absolute Gasteiger partial charge is 0.347 e. The molecule has 3 rings (SSSR count). The molecule has 3 heterocycles. The second kappa shape index (κ2) is 7.01. The Bertz CT molecular complexity index is 809. The number of fused-ring (bicyclic) bond motifs is 2. The first-order valence-corrected chi connectivity index (χ1v) is 9.15. The molecular weight excluding hydrogens is 370 g/mol. The SMILES string of the molecule is O=C(CNC(=O)[C@@H]1CC[C@@H]2CN1C(=O)N2OS(=O)(=O)O)Cn1cccn1. The van der Waals surface area contributed by atoms with Crippen LogP contribution in [0.1, 0.15) is 12.8 Å². The van der Waals surface area contributed by atoms with Gasteiger partial charge >= 0.3 is 16.4 Å². The molecule has 142 valence electrons. The predicted octanol–water partition coefficient (Wildman–Crippen LogP) is -1.43. The molecule has 0 aromatic carbocycles. The van der Waals surface area contributed by atoms with Crippen LogP contribution < -0.4 is 5.32 Å². The molecule has 2 aliphatic rings. The summed E-state index contributed by atoms with van der Waals surface area (Å²) in [5.41, 5.74) is 0. The average molecular weight is 387 g/mol. The number of urea groups is 1. The van der Waals surface area contributed by atoms with Gasteiger partial charge in [-0.05, 0) is 18.9 Å². The van der Waals surface area contributed by atoms with Crippen molar-refractivity contribution in [3.05, 3.63) is 18.5 Å². The van der Waals surface area contributed by atoms with E-state index in [2.05, 4.69) is 14.7 Å². The topological polar surface area (TPSA) is 151 Å². The van der Waals surface area contributed by atoms with Crippen LogP contribution in [0, 0.1) is 0 Å². The number of hydrogen-bond donors (Lipinski definition) is 2. The Kier molecular flexibility index (Phi) is 4.93. The Morgan fingerprint density at radius 3 is 2.81 bits per heavy atom. The molecule has 26 heavy (non-hydrogen) atoms. The van der Waals surface area contributed by atoms with Gasteiger partial charge in [0.25, 0.3) is 0 Å². The number of piperidine rings is 1. The Labute approximate surface area is 148 Å². The lowest BCUT2D eigenvalue weighted by Gasteiger charge is -2.29. The molecule has 2 saturated heterocycles. The van der Waals surface area contributed by atoms with E-state index >= 15 is 0 Å². The lowest BCUT2D eigenvalue weighted by Crippen LogP contribution is -2.50. The van der Waals surface area contributed by atoms with E-state index in [4.69, 9.17) is 4.55 Å². The van der Waals surface area contributed by atoms with Crippen molar-refractivity contribution in [1.82, 2.24) is 25.1 Å². The normalized spacial score (nSPS) is 22.6. The van der Waals surface area contributed by atoms with Gasteiger partial charge in [-0.1, -0.05) is 0 Å². The van der Waals surface area contributed by atoms with Crippen LogP contribution in [0.4, 0.5) is 4.79 Å². The van der Waals surface area contributed by atoms with Gasteiger partial charge in [-0.25, -0.2) is 4.79 Å². The van der Waals surface area contributed by atoms with Crippen molar-refractivity contribution < 1.29 is 31.6 Å². The second-order valence-corrected chi connectivity index (χ2v) is 6.97. The zero-order valence-corrected chi connectivity index (χ0v) is 14.3. The summed E-state index contributed by atoms with van der Waals surface area (Å²) in [6.07, 6.45) is 3.75. The fourth-order valence-corrected chi connectivity index (χ4v) is 3.43. The van der Waals surface area contributed by atoms with E-state index < -0.39 is 34.4 Å². The van der Waals surface area contributed by atoms with Crippen molar-refractivity contribution in [2.24, 2.45) is 0 Å². The van der Waals surface area contributed by atoms with Gasteiger partial charge < -0.3 is 10.2 Å². The molecule has 0 aliphatic carbocycles. The van der Waals surface area contributed by atoms with Crippen molar-refractivity contribution in [1.29, 1.82) is 0 Å². The van der Waals surface area contributed by atoms with Crippen molar-refractivity contribution in [2.45, 2.75) is 31.5 Å². The van der Waals surface area contributed by atoms with E-state index in [0.717, 1.165) is 4.90 Å². The van der Waals surface area contributed by atoms with Crippen LogP contribution in [0.5, 0.6) is 0 Å². The van der Waals surface area contributed by atoms with Gasteiger partial charge in [-0.15, -0.1) is 4.28 Å². The number of hydroxylamine groups is 2. The first-order chi connectivity index (χ1) is 12.2. The molecule has 2 atom stereocenters. The molecular formula is C13H17N5O7S. The maximum Gasteiger partial charge on any atom is 0.418 e. The first kappa shape index (κ1) is 18.3. The molecule has 1 aromatic rings. The molecule has 2 aliphatic heterocycles. The van der Waals surface area contributed by atoms with E-state index in [-0.39, 0.29) is 31.8 Å². The molecule has 2 fully saturated rings. The summed E-state index contributed by atoms with van der Waals surface area (Å²) in [4.78, 5) is 37.6. The fraction of sp³-hybridized carbons (Fsp3) is 0.538. The summed E-state index contributed by atoms with van der Waals surface area (Å²) in [5.74, 6) is -0.779. The molecule has 0 spiro atoms. The largest absolute Gasteiger partial charge is 0.418 e. The highest BCUT2D eigenvalue weighted by atomic mass is 32.3. The van der Waals surface area contributed by atoms with E-state index in [1.54, 1.807) is 12.3 Å². The number of nitrogens with one attached hydrogen (secondary N) is 1. The van der Waals surface area contributed by atoms with E-state index in [9.17, 15) is 22.8 Å². The fourth-order valence-electron chi connectivity index (χ4n) is 3.04. The van der Waals surface area contributed by atoms with Gasteiger partial charge in [-0.2, -0.15) is 18.6 Å². The quantitative estimate of drug-likeness (QED) is 0.541. The van der Waals surface area contributed by atoms with E-state index in [1.807, 2.05) is 0 Å². The van der Waals surface area contributed by atoms with Gasteiger partial charge in [0.2, 0.25) is 5.91 Å². The molecule has 0 unspecified atom stereocenters. The van der Waals surface area contributed by atoms with Crippen LogP contribution in [-0.2, 0) is 30.8 Å². The van der Waals surface area contributed by atoms with Crippen molar-refractivity contribution in [3.63, 3.8) is 0 Å². The van der Waals surface area contributed by atoms with E-state index in [0.29, 0.717) is 11.5 Å². The summed E-state index contributed by atoms with van der Waals surface area (Å²) in [6, 6.07) is -0.571. The third-order valence-electron chi connectivity index (χ3n) is 4.16. The number of ketones is 1. The minimum atomic E-state index is -4.84. The lowest BCUT2D eigenvalue weighted by molar-refractivity contribution is -0.128. The Hall–Kier alpha value is -2.51. The number of amides is 3. The summed E-state index contributed by atoms with van der Waals surface area (Å²) in [6.45, 7) is -0.113. The highest BCUT2D eigenvalue weighted by Gasteiger charge is 2.49. The zero-order valence-electron chi connectivity index (χ0n) is 13.5. The predicted molar refractivity (Wildman–Crippen MR) is 83.6 cm³/mol. The monoisotopic (exact) mass is 387 g/mol. The molecule has 0 saturated carbocycles. The summed E-state index contributed by atoms with van der Waals surface area (Å²) in [5, 5.41) is 6.93. The number of aromatic nitrogens is 2. The van der Waals surface area contributed by atoms with Gasteiger partial charge in [-0.3, -0.25) is 18.8 Å². The number of rotatable bonds is 7. The molecule has 1 aromatic heterocycles. The highest BCUT2D eigenvalue weighted by molar-refractivity contribution is 7.80. The minimum Gasteiger partial charge on any atom is -0.347 e. The van der Waals surface area contributed by atoms with Crippen LogP contribution in [0.15, 0.2) is 18.5 Å². The van der Waals surface area contributed by atoms with Crippen LogP contribution in [0.2, 0.25) is 0 Å². The summed E-state index contributed by atoms with van der Waals surface area (Å²) >= 11 is 0. The number of hydrogen-bond acceptors (Lipinski definition) is 7.